The summed E-state index contributed by atoms with van der Waals surface area (Å²) in [5, 5.41) is 22.7. The van der Waals surface area contributed by atoms with Gasteiger partial charge in [-0.2, -0.15) is 5.26 Å². The highest BCUT2D eigenvalue weighted by Gasteiger charge is 2.50. The number of nitrogens with one attached hydrogen (secondary N) is 1. The van der Waals surface area contributed by atoms with E-state index in [1.54, 1.807) is 0 Å². The van der Waals surface area contributed by atoms with Gasteiger partial charge in [-0.25, -0.2) is 28.5 Å². The molecule has 2 aliphatic rings. The average Bonchev–Trinajstić information content (AvgIpc) is 3.10. The van der Waals surface area contributed by atoms with E-state index in [1.165, 1.54) is 12.3 Å². The van der Waals surface area contributed by atoms with Gasteiger partial charge in [0.15, 0.2) is 17.2 Å². The fourth-order valence-corrected chi connectivity index (χ4v) is 5.62. The number of nitriles is 1. The molecular weight excluding hydrogens is 490 g/mol. The van der Waals surface area contributed by atoms with Crippen molar-refractivity contribution in [2.75, 3.05) is 10.2 Å². The number of aryl methyl sites for hydroxylation is 1. The quantitative estimate of drug-likeness (QED) is 0.460. The number of benzene rings is 1. The number of halogens is 3. The van der Waals surface area contributed by atoms with Gasteiger partial charge in [-0.1, -0.05) is 17.7 Å². The molecule has 36 heavy (non-hydrogen) atoms. The summed E-state index contributed by atoms with van der Waals surface area (Å²) in [6.45, 7) is 3.71. The van der Waals surface area contributed by atoms with Gasteiger partial charge in [0.1, 0.15) is 6.07 Å². The third-order valence-corrected chi connectivity index (χ3v) is 7.21. The lowest BCUT2D eigenvalue weighted by atomic mass is 9.98. The lowest BCUT2D eigenvalue weighted by Gasteiger charge is -2.39. The summed E-state index contributed by atoms with van der Waals surface area (Å²) >= 11 is 6.29. The summed E-state index contributed by atoms with van der Waals surface area (Å²) in [4.78, 5) is 26.9. The Bertz CT molecular complexity index is 1410. The molecule has 0 amide bonds. The van der Waals surface area contributed by atoms with Crippen LogP contribution in [0.5, 0.6) is 0 Å². The van der Waals surface area contributed by atoms with Crippen LogP contribution in [-0.2, 0) is 0 Å². The number of hydrogen-bond acceptors (Lipinski definition) is 7. The van der Waals surface area contributed by atoms with E-state index >= 15 is 0 Å². The maximum Gasteiger partial charge on any atom is 0.356 e. The maximum absolute atomic E-state index is 14.2. The van der Waals surface area contributed by atoms with Gasteiger partial charge in [0.25, 0.3) is 5.92 Å². The average molecular weight is 513 g/mol. The van der Waals surface area contributed by atoms with Crippen LogP contribution in [-0.4, -0.2) is 44.0 Å². The Hall–Kier alpha value is -3.58. The molecule has 0 saturated carbocycles. The molecule has 2 saturated heterocycles. The van der Waals surface area contributed by atoms with Crippen molar-refractivity contribution in [2.45, 2.75) is 63.6 Å². The van der Waals surface area contributed by atoms with Crippen LogP contribution < -0.4 is 10.2 Å². The third kappa shape index (κ3) is 4.17. The number of nitrogens with zero attached hydrogens (tertiary/aromatic N) is 5. The monoisotopic (exact) mass is 512 g/mol. The second kappa shape index (κ2) is 8.82. The minimum atomic E-state index is -2.73. The van der Waals surface area contributed by atoms with Crippen LogP contribution in [0.2, 0.25) is 5.02 Å². The maximum atomic E-state index is 14.2. The van der Waals surface area contributed by atoms with Crippen LogP contribution in [0, 0.1) is 18.3 Å². The Morgan fingerprint density at radius 1 is 1.31 bits per heavy atom. The number of piperidine rings is 1. The highest BCUT2D eigenvalue weighted by Crippen LogP contribution is 2.46. The predicted octanol–water partition coefficient (Wildman–Crippen LogP) is 5.50. The molecule has 0 spiro atoms. The zero-order valence-electron chi connectivity index (χ0n) is 19.6. The summed E-state index contributed by atoms with van der Waals surface area (Å²) in [7, 11) is 0. The Labute approximate surface area is 210 Å². The van der Waals surface area contributed by atoms with E-state index in [4.69, 9.17) is 16.6 Å². The molecule has 2 aliphatic heterocycles. The van der Waals surface area contributed by atoms with Crippen molar-refractivity contribution in [3.05, 3.63) is 51.9 Å². The first-order valence-electron chi connectivity index (χ1n) is 11.6. The van der Waals surface area contributed by atoms with Gasteiger partial charge < -0.3 is 15.3 Å². The molecule has 5 rings (SSSR count). The molecule has 3 atom stereocenters. The van der Waals surface area contributed by atoms with Crippen molar-refractivity contribution in [1.29, 1.82) is 5.26 Å². The van der Waals surface area contributed by atoms with Crippen LogP contribution in [0.25, 0.3) is 11.0 Å². The van der Waals surface area contributed by atoms with E-state index in [2.05, 4.69) is 21.4 Å². The first kappa shape index (κ1) is 24.1. The van der Waals surface area contributed by atoms with Crippen molar-refractivity contribution in [3.63, 3.8) is 0 Å². The Kier molecular flexibility index (Phi) is 5.91. The SMILES string of the molecule is Cc1cc([C@@H](C)Nc2c(Cl)ccnc2C(=O)O)c2nc(N3C4CCC3CC(F)(F)C4)c(C#N)nc2c1. The number of rotatable bonds is 5. The number of hydrogen-bond donors (Lipinski definition) is 2. The number of pyridine rings is 1. The zero-order valence-corrected chi connectivity index (χ0v) is 20.4. The van der Waals surface area contributed by atoms with E-state index < -0.39 is 30.0 Å². The molecule has 4 heterocycles. The van der Waals surface area contributed by atoms with Crippen molar-refractivity contribution in [3.8, 4) is 6.07 Å². The number of carboxylic acid groups (broad SMARTS) is 1. The largest absolute Gasteiger partial charge is 0.476 e. The molecule has 2 fully saturated rings. The van der Waals surface area contributed by atoms with Crippen molar-refractivity contribution in [1.82, 2.24) is 15.0 Å². The molecule has 0 aliphatic carbocycles. The molecule has 8 nitrogen and oxygen atoms in total. The van der Waals surface area contributed by atoms with Crippen LogP contribution in [0.1, 0.15) is 66.0 Å². The van der Waals surface area contributed by atoms with E-state index in [0.29, 0.717) is 35.3 Å². The molecule has 3 aromatic rings. The second-order valence-corrected chi connectivity index (χ2v) is 9.88. The zero-order chi connectivity index (χ0) is 25.8. The first-order chi connectivity index (χ1) is 17.1. The highest BCUT2D eigenvalue weighted by atomic mass is 35.5. The molecule has 186 valence electrons. The fourth-order valence-electron chi connectivity index (χ4n) is 5.42. The normalized spacial score (nSPS) is 21.3. The van der Waals surface area contributed by atoms with Gasteiger partial charge in [0.05, 0.1) is 27.8 Å². The number of alkyl halides is 2. The Balaban J connectivity index is 1.61. The van der Waals surface area contributed by atoms with Crippen LogP contribution >= 0.6 is 11.6 Å². The van der Waals surface area contributed by atoms with Gasteiger partial charge in [0, 0.05) is 36.7 Å². The number of fused-ring (bicyclic) bond motifs is 3. The molecule has 11 heteroatoms. The molecule has 0 radical (unpaired) electrons. The van der Waals surface area contributed by atoms with Gasteiger partial charge >= 0.3 is 5.97 Å². The fraction of sp³-hybridized carbons (Fsp3) is 0.400. The summed E-state index contributed by atoms with van der Waals surface area (Å²) in [6.07, 6.45) is 2.00. The van der Waals surface area contributed by atoms with Crippen molar-refractivity contribution >= 4 is 40.1 Å². The molecule has 2 N–H and O–H groups in total. The van der Waals surface area contributed by atoms with Crippen LogP contribution in [0.3, 0.4) is 0 Å². The van der Waals surface area contributed by atoms with Crippen LogP contribution in [0.15, 0.2) is 24.4 Å². The van der Waals surface area contributed by atoms with E-state index in [1.807, 2.05) is 30.9 Å². The minimum absolute atomic E-state index is 0.102. The number of aromatic carboxylic acids is 1. The first-order valence-corrected chi connectivity index (χ1v) is 12.0. The van der Waals surface area contributed by atoms with Gasteiger partial charge in [-0.05, 0) is 44.4 Å². The van der Waals surface area contributed by atoms with Crippen LogP contribution in [0.4, 0.5) is 20.3 Å². The smallest absolute Gasteiger partial charge is 0.356 e. The lowest BCUT2D eigenvalue weighted by Crippen LogP contribution is -2.48. The molecule has 2 aromatic heterocycles. The number of anilines is 2. The van der Waals surface area contributed by atoms with Crippen molar-refractivity contribution < 1.29 is 18.7 Å². The summed E-state index contributed by atoms with van der Waals surface area (Å²) < 4.78 is 28.4. The summed E-state index contributed by atoms with van der Waals surface area (Å²) in [6, 6.07) is 6.02. The summed E-state index contributed by atoms with van der Waals surface area (Å²) in [5.41, 5.74) is 2.63. The predicted molar refractivity (Wildman–Crippen MR) is 131 cm³/mol. The van der Waals surface area contributed by atoms with Crippen molar-refractivity contribution in [2.24, 2.45) is 0 Å². The second-order valence-electron chi connectivity index (χ2n) is 9.47. The lowest BCUT2D eigenvalue weighted by molar-refractivity contribution is -0.0359. The van der Waals surface area contributed by atoms with E-state index in [-0.39, 0.29) is 34.9 Å². The van der Waals surface area contributed by atoms with Gasteiger partial charge in [-0.3, -0.25) is 0 Å². The van der Waals surface area contributed by atoms with E-state index in [0.717, 1.165) is 5.56 Å². The molecule has 2 bridgehead atoms. The number of carbonyl (C=O) groups is 1. The van der Waals surface area contributed by atoms with E-state index in [9.17, 15) is 23.9 Å². The molecule has 1 aromatic carbocycles. The topological polar surface area (TPSA) is 115 Å². The summed E-state index contributed by atoms with van der Waals surface area (Å²) in [5.74, 6) is -3.64. The third-order valence-electron chi connectivity index (χ3n) is 6.89. The van der Waals surface area contributed by atoms with Gasteiger partial charge in [-0.15, -0.1) is 0 Å². The van der Waals surface area contributed by atoms with Gasteiger partial charge in [0.2, 0.25) is 0 Å². The highest BCUT2D eigenvalue weighted by molar-refractivity contribution is 6.33. The Morgan fingerprint density at radius 2 is 2.00 bits per heavy atom. The number of aromatic nitrogens is 3. The Morgan fingerprint density at radius 3 is 2.64 bits per heavy atom. The molecular formula is C25H23ClF2N6O2. The molecule has 2 unspecified atom stereocenters. The number of carboxylic acids is 1. The standard InChI is InChI=1S/C25H23ClF2N6O2/c1-12-7-16(13(2)31-21-17(26)5-6-30-22(21)24(35)36)20-18(8-12)32-19(11-29)23(33-20)34-14-3-4-15(34)10-25(27,28)9-14/h5-8,13-15,31H,3-4,9-10H2,1-2H3,(H,35,36)/t13-,14?,15?/m1/s1. The minimum Gasteiger partial charge on any atom is -0.476 e.